The maximum atomic E-state index is 4.25. The summed E-state index contributed by atoms with van der Waals surface area (Å²) in [6.07, 6.45) is 5.78. The second kappa shape index (κ2) is 4.04. The maximum absolute atomic E-state index is 4.25. The van der Waals surface area contributed by atoms with Crippen LogP contribution in [0.5, 0.6) is 0 Å². The van der Waals surface area contributed by atoms with Crippen molar-refractivity contribution in [2.45, 2.75) is 18.9 Å². The minimum absolute atomic E-state index is 0.548. The van der Waals surface area contributed by atoms with E-state index in [-0.39, 0.29) is 0 Å². The molecule has 14 heavy (non-hydrogen) atoms. The molecule has 5 nitrogen and oxygen atoms in total. The lowest BCUT2D eigenvalue weighted by atomic mass is 10.6. The highest BCUT2D eigenvalue weighted by molar-refractivity contribution is 5.38. The van der Waals surface area contributed by atoms with Crippen molar-refractivity contribution in [3.05, 3.63) is 18.9 Å². The highest BCUT2D eigenvalue weighted by Crippen LogP contribution is 2.22. The van der Waals surface area contributed by atoms with E-state index in [1.54, 1.807) is 12.3 Å². The number of anilines is 2. The van der Waals surface area contributed by atoms with Gasteiger partial charge in [0.2, 0.25) is 5.95 Å². The van der Waals surface area contributed by atoms with Crippen molar-refractivity contribution in [2.75, 3.05) is 17.2 Å². The SMILES string of the molecule is C=CCNc1cnnc(NC2CC2)n1. The fourth-order valence-corrected chi connectivity index (χ4v) is 1.04. The van der Waals surface area contributed by atoms with Gasteiger partial charge in [0.05, 0.1) is 6.20 Å². The Morgan fingerprint density at radius 3 is 3.14 bits per heavy atom. The zero-order valence-corrected chi connectivity index (χ0v) is 7.90. The Hall–Kier alpha value is -1.65. The minimum Gasteiger partial charge on any atom is -0.365 e. The van der Waals surface area contributed by atoms with E-state index in [4.69, 9.17) is 0 Å². The lowest BCUT2D eigenvalue weighted by Gasteiger charge is -2.04. The Kier molecular flexibility index (Phi) is 2.58. The minimum atomic E-state index is 0.548. The molecule has 74 valence electrons. The van der Waals surface area contributed by atoms with Crippen LogP contribution in [0, 0.1) is 0 Å². The Balaban J connectivity index is 1.97. The summed E-state index contributed by atoms with van der Waals surface area (Å²) in [7, 11) is 0. The molecule has 2 rings (SSSR count). The van der Waals surface area contributed by atoms with Crippen LogP contribution in [0.25, 0.3) is 0 Å². The summed E-state index contributed by atoms with van der Waals surface area (Å²) in [5, 5.41) is 14.0. The van der Waals surface area contributed by atoms with Gasteiger partial charge in [-0.1, -0.05) is 6.08 Å². The number of hydrogen-bond donors (Lipinski definition) is 2. The molecule has 0 bridgehead atoms. The molecule has 0 radical (unpaired) electrons. The van der Waals surface area contributed by atoms with Gasteiger partial charge in [0.25, 0.3) is 0 Å². The molecule has 5 heteroatoms. The Labute approximate surface area is 82.7 Å². The summed E-state index contributed by atoms with van der Waals surface area (Å²) >= 11 is 0. The second-order valence-corrected chi connectivity index (χ2v) is 3.25. The number of rotatable bonds is 5. The van der Waals surface area contributed by atoms with Gasteiger partial charge in [-0.25, -0.2) is 0 Å². The molecule has 2 N–H and O–H groups in total. The molecule has 1 heterocycles. The molecule has 0 aliphatic heterocycles. The number of hydrogen-bond acceptors (Lipinski definition) is 5. The molecule has 0 spiro atoms. The third-order valence-electron chi connectivity index (χ3n) is 1.90. The molecule has 1 saturated carbocycles. The topological polar surface area (TPSA) is 62.7 Å². The molecule has 1 aromatic heterocycles. The fourth-order valence-electron chi connectivity index (χ4n) is 1.04. The summed E-state index contributed by atoms with van der Waals surface area (Å²) in [6.45, 7) is 4.30. The first-order valence-electron chi connectivity index (χ1n) is 4.69. The lowest BCUT2D eigenvalue weighted by molar-refractivity contribution is 0.943. The molecule has 1 aliphatic rings. The van der Waals surface area contributed by atoms with E-state index < -0.39 is 0 Å². The number of nitrogens with one attached hydrogen (secondary N) is 2. The van der Waals surface area contributed by atoms with E-state index in [1.807, 2.05) is 0 Å². The Morgan fingerprint density at radius 2 is 2.43 bits per heavy atom. The van der Waals surface area contributed by atoms with Crippen molar-refractivity contribution >= 4 is 11.8 Å². The van der Waals surface area contributed by atoms with Crippen LogP contribution in [-0.2, 0) is 0 Å². The van der Waals surface area contributed by atoms with Gasteiger partial charge < -0.3 is 10.6 Å². The van der Waals surface area contributed by atoms with Crippen LogP contribution in [-0.4, -0.2) is 27.8 Å². The van der Waals surface area contributed by atoms with Gasteiger partial charge in [0.15, 0.2) is 5.82 Å². The quantitative estimate of drug-likeness (QED) is 0.681. The van der Waals surface area contributed by atoms with E-state index in [1.165, 1.54) is 12.8 Å². The highest BCUT2D eigenvalue weighted by Gasteiger charge is 2.21. The summed E-state index contributed by atoms with van der Waals surface area (Å²) < 4.78 is 0. The van der Waals surface area contributed by atoms with Crippen LogP contribution >= 0.6 is 0 Å². The van der Waals surface area contributed by atoms with Crippen LogP contribution < -0.4 is 10.6 Å². The maximum Gasteiger partial charge on any atom is 0.244 e. The van der Waals surface area contributed by atoms with Gasteiger partial charge in [-0.15, -0.1) is 11.7 Å². The molecule has 0 atom stereocenters. The Morgan fingerprint density at radius 1 is 1.57 bits per heavy atom. The van der Waals surface area contributed by atoms with E-state index in [0.29, 0.717) is 18.5 Å². The predicted molar refractivity (Wildman–Crippen MR) is 55.2 cm³/mol. The second-order valence-electron chi connectivity index (χ2n) is 3.25. The van der Waals surface area contributed by atoms with Gasteiger partial charge in [0, 0.05) is 12.6 Å². The van der Waals surface area contributed by atoms with Crippen molar-refractivity contribution in [2.24, 2.45) is 0 Å². The van der Waals surface area contributed by atoms with Crippen molar-refractivity contribution in [3.63, 3.8) is 0 Å². The zero-order valence-electron chi connectivity index (χ0n) is 7.90. The van der Waals surface area contributed by atoms with Gasteiger partial charge >= 0.3 is 0 Å². The van der Waals surface area contributed by atoms with Crippen LogP contribution in [0.3, 0.4) is 0 Å². The van der Waals surface area contributed by atoms with Crippen molar-refractivity contribution < 1.29 is 0 Å². The largest absolute Gasteiger partial charge is 0.365 e. The third-order valence-corrected chi connectivity index (χ3v) is 1.90. The van der Waals surface area contributed by atoms with Gasteiger partial charge in [-0.3, -0.25) is 0 Å². The molecule has 1 fully saturated rings. The zero-order chi connectivity index (χ0) is 9.80. The molecule has 0 aromatic carbocycles. The monoisotopic (exact) mass is 191 g/mol. The molecule has 1 aromatic rings. The number of nitrogens with zero attached hydrogens (tertiary/aromatic N) is 3. The van der Waals surface area contributed by atoms with Gasteiger partial charge in [-0.2, -0.15) is 10.1 Å². The normalized spacial score (nSPS) is 14.9. The first kappa shape index (κ1) is 8.93. The average Bonchev–Trinajstić information content (AvgIpc) is 2.99. The van der Waals surface area contributed by atoms with Crippen molar-refractivity contribution in [1.29, 1.82) is 0 Å². The smallest absolute Gasteiger partial charge is 0.244 e. The summed E-state index contributed by atoms with van der Waals surface area (Å²) in [6, 6.07) is 0.548. The average molecular weight is 191 g/mol. The van der Waals surface area contributed by atoms with Gasteiger partial charge in [-0.05, 0) is 12.8 Å². The number of aromatic nitrogens is 3. The molecular formula is C9H13N5. The van der Waals surface area contributed by atoms with Crippen LogP contribution in [0.1, 0.15) is 12.8 Å². The van der Waals surface area contributed by atoms with Crippen LogP contribution in [0.4, 0.5) is 11.8 Å². The molecule has 0 amide bonds. The van der Waals surface area contributed by atoms with E-state index >= 15 is 0 Å². The van der Waals surface area contributed by atoms with Crippen molar-refractivity contribution in [1.82, 2.24) is 15.2 Å². The van der Waals surface area contributed by atoms with Gasteiger partial charge in [0.1, 0.15) is 0 Å². The first-order chi connectivity index (χ1) is 6.88. The summed E-state index contributed by atoms with van der Waals surface area (Å²) in [5.74, 6) is 1.32. The van der Waals surface area contributed by atoms with E-state index in [9.17, 15) is 0 Å². The Bertz CT molecular complexity index is 321. The molecule has 0 saturated heterocycles. The highest BCUT2D eigenvalue weighted by atomic mass is 15.3. The van der Waals surface area contributed by atoms with Crippen LogP contribution in [0.15, 0.2) is 18.9 Å². The third kappa shape index (κ3) is 2.42. The first-order valence-corrected chi connectivity index (χ1v) is 4.69. The summed E-state index contributed by atoms with van der Waals surface area (Å²) in [4.78, 5) is 4.25. The van der Waals surface area contributed by atoms with Crippen LogP contribution in [0.2, 0.25) is 0 Å². The van der Waals surface area contributed by atoms with Crippen molar-refractivity contribution in [3.8, 4) is 0 Å². The lowest BCUT2D eigenvalue weighted by Crippen LogP contribution is -2.09. The standard InChI is InChI=1S/C9H13N5/c1-2-5-10-8-6-11-14-9(13-8)12-7-3-4-7/h2,6-7H,1,3-5H2,(H2,10,12,13,14). The van der Waals surface area contributed by atoms with E-state index in [0.717, 1.165) is 5.82 Å². The molecular weight excluding hydrogens is 178 g/mol. The summed E-state index contributed by atoms with van der Waals surface area (Å²) in [5.41, 5.74) is 0. The molecule has 0 unspecified atom stereocenters. The predicted octanol–water partition coefficient (Wildman–Crippen LogP) is 1.04. The van der Waals surface area contributed by atoms with E-state index in [2.05, 4.69) is 32.4 Å². The molecule has 1 aliphatic carbocycles. The fraction of sp³-hybridized carbons (Fsp3) is 0.444.